The molecular weight excluding hydrogens is 332 g/mol. The van der Waals surface area contributed by atoms with Crippen molar-refractivity contribution in [2.24, 2.45) is 7.05 Å². The summed E-state index contributed by atoms with van der Waals surface area (Å²) in [6.45, 7) is 1.33. The molecule has 1 fully saturated rings. The lowest BCUT2D eigenvalue weighted by molar-refractivity contribution is 0.0712. The topological polar surface area (TPSA) is 60.8 Å². The molecule has 0 atom stereocenters. The van der Waals surface area contributed by atoms with E-state index in [1.54, 1.807) is 56.3 Å². The van der Waals surface area contributed by atoms with Crippen LogP contribution in [0.1, 0.15) is 34.7 Å². The molecule has 1 aliphatic rings. The fraction of sp³-hybridized carbons (Fsp3) is 0.400. The number of rotatable bonds is 4. The number of aromatic nitrogens is 1. The van der Waals surface area contributed by atoms with E-state index >= 15 is 0 Å². The van der Waals surface area contributed by atoms with Gasteiger partial charge in [0.15, 0.2) is 0 Å². The van der Waals surface area contributed by atoms with Crippen molar-refractivity contribution in [2.75, 3.05) is 27.3 Å². The summed E-state index contributed by atoms with van der Waals surface area (Å²) in [4.78, 5) is 26.5. The number of aryl methyl sites for hydroxylation is 1. The molecule has 1 aliphatic heterocycles. The number of pyridine rings is 1. The Hall–Kier alpha value is -2.76. The van der Waals surface area contributed by atoms with Gasteiger partial charge in [0.1, 0.15) is 11.5 Å². The second kappa shape index (κ2) is 7.64. The van der Waals surface area contributed by atoms with Gasteiger partial charge in [-0.25, -0.2) is 0 Å². The first-order chi connectivity index (χ1) is 12.5. The Morgan fingerprint density at radius 2 is 1.65 bits per heavy atom. The molecule has 0 saturated carbocycles. The minimum atomic E-state index is -0.0235. The second-order valence-electron chi connectivity index (χ2n) is 6.58. The van der Waals surface area contributed by atoms with Crippen LogP contribution in [0.25, 0.3) is 0 Å². The molecule has 6 nitrogen and oxygen atoms in total. The maximum atomic E-state index is 12.8. The summed E-state index contributed by atoms with van der Waals surface area (Å²) in [7, 11) is 4.88. The number of carbonyl (C=O) groups is 1. The molecule has 26 heavy (non-hydrogen) atoms. The molecule has 0 spiro atoms. The minimum absolute atomic E-state index is 0.00415. The molecule has 0 unspecified atom stereocenters. The van der Waals surface area contributed by atoms with Crippen LogP contribution >= 0.6 is 0 Å². The van der Waals surface area contributed by atoms with Crippen LogP contribution in [0.5, 0.6) is 11.5 Å². The molecule has 3 rings (SSSR count). The molecule has 0 N–H and O–H groups in total. The van der Waals surface area contributed by atoms with Gasteiger partial charge in [0, 0.05) is 44.0 Å². The van der Waals surface area contributed by atoms with Gasteiger partial charge < -0.3 is 18.9 Å². The highest BCUT2D eigenvalue weighted by Gasteiger charge is 2.25. The number of piperidine rings is 1. The number of hydrogen-bond donors (Lipinski definition) is 0. The Morgan fingerprint density at radius 3 is 2.19 bits per heavy atom. The Balaban J connectivity index is 1.70. The van der Waals surface area contributed by atoms with Gasteiger partial charge in [-0.3, -0.25) is 9.59 Å². The van der Waals surface area contributed by atoms with Crippen molar-refractivity contribution < 1.29 is 14.3 Å². The highest BCUT2D eigenvalue weighted by molar-refractivity contribution is 5.95. The Bertz CT molecular complexity index is 829. The zero-order valence-corrected chi connectivity index (χ0v) is 15.4. The van der Waals surface area contributed by atoms with E-state index in [4.69, 9.17) is 9.47 Å². The van der Waals surface area contributed by atoms with E-state index in [9.17, 15) is 9.59 Å². The molecule has 6 heteroatoms. The van der Waals surface area contributed by atoms with Crippen molar-refractivity contribution in [2.45, 2.75) is 18.8 Å². The van der Waals surface area contributed by atoms with Gasteiger partial charge in [0.05, 0.1) is 14.2 Å². The van der Waals surface area contributed by atoms with Crippen molar-refractivity contribution in [3.8, 4) is 11.5 Å². The van der Waals surface area contributed by atoms with Gasteiger partial charge in [-0.05, 0) is 42.5 Å². The monoisotopic (exact) mass is 356 g/mol. The summed E-state index contributed by atoms with van der Waals surface area (Å²) in [6.07, 6.45) is 3.50. The van der Waals surface area contributed by atoms with Crippen molar-refractivity contribution in [3.05, 3.63) is 58.0 Å². The standard InChI is InChI=1S/C20H24N2O4/c1-21-7-4-15(12-19(21)23)14-5-8-22(9-6-14)20(24)16-10-17(25-2)13-18(11-16)26-3/h4,7,10-14H,5-6,8-9H2,1-3H3. The zero-order valence-electron chi connectivity index (χ0n) is 15.4. The predicted molar refractivity (Wildman–Crippen MR) is 99.1 cm³/mol. The highest BCUT2D eigenvalue weighted by Crippen LogP contribution is 2.29. The number of likely N-dealkylation sites (tertiary alicyclic amines) is 1. The molecular formula is C20H24N2O4. The first-order valence-corrected chi connectivity index (χ1v) is 8.70. The van der Waals surface area contributed by atoms with E-state index in [-0.39, 0.29) is 11.5 Å². The van der Waals surface area contributed by atoms with E-state index in [1.165, 1.54) is 0 Å². The summed E-state index contributed by atoms with van der Waals surface area (Å²) in [5.74, 6) is 1.49. The summed E-state index contributed by atoms with van der Waals surface area (Å²) in [5, 5.41) is 0. The lowest BCUT2D eigenvalue weighted by Gasteiger charge is -2.32. The zero-order chi connectivity index (χ0) is 18.7. The van der Waals surface area contributed by atoms with E-state index in [0.717, 1.165) is 18.4 Å². The Labute approximate surface area is 153 Å². The van der Waals surface area contributed by atoms with Gasteiger partial charge in [-0.1, -0.05) is 0 Å². The SMILES string of the molecule is COc1cc(OC)cc(C(=O)N2CCC(c3ccn(C)c(=O)c3)CC2)c1. The molecule has 1 aromatic heterocycles. The van der Waals surface area contributed by atoms with E-state index in [1.807, 2.05) is 11.0 Å². The number of ether oxygens (including phenoxy) is 2. The molecule has 0 bridgehead atoms. The van der Waals surface area contributed by atoms with Crippen molar-refractivity contribution >= 4 is 5.91 Å². The van der Waals surface area contributed by atoms with Crippen LogP contribution in [0.2, 0.25) is 0 Å². The maximum Gasteiger partial charge on any atom is 0.254 e. The number of hydrogen-bond acceptors (Lipinski definition) is 4. The third-order valence-electron chi connectivity index (χ3n) is 4.98. The normalized spacial score (nSPS) is 15.0. The molecule has 2 heterocycles. The number of benzene rings is 1. The molecule has 0 radical (unpaired) electrons. The number of methoxy groups -OCH3 is 2. The average Bonchev–Trinajstić information content (AvgIpc) is 2.69. The van der Waals surface area contributed by atoms with Crippen LogP contribution in [-0.4, -0.2) is 42.7 Å². The van der Waals surface area contributed by atoms with Crippen LogP contribution in [0.15, 0.2) is 41.3 Å². The fourth-order valence-corrected chi connectivity index (χ4v) is 3.35. The van der Waals surface area contributed by atoms with Crippen LogP contribution in [0.3, 0.4) is 0 Å². The summed E-state index contributed by atoms with van der Waals surface area (Å²) < 4.78 is 12.1. The second-order valence-corrected chi connectivity index (χ2v) is 6.58. The lowest BCUT2D eigenvalue weighted by atomic mass is 9.90. The summed E-state index contributed by atoms with van der Waals surface area (Å²) in [5.41, 5.74) is 1.63. The maximum absolute atomic E-state index is 12.8. The lowest BCUT2D eigenvalue weighted by Crippen LogP contribution is -2.38. The number of amides is 1. The van der Waals surface area contributed by atoms with E-state index in [0.29, 0.717) is 36.1 Å². The van der Waals surface area contributed by atoms with Gasteiger partial charge >= 0.3 is 0 Å². The molecule has 0 aliphatic carbocycles. The first kappa shape index (κ1) is 18.0. The molecule has 2 aromatic rings. The third kappa shape index (κ3) is 3.74. The van der Waals surface area contributed by atoms with E-state index < -0.39 is 0 Å². The van der Waals surface area contributed by atoms with Crippen LogP contribution in [0.4, 0.5) is 0 Å². The van der Waals surface area contributed by atoms with Gasteiger partial charge in [-0.15, -0.1) is 0 Å². The Morgan fingerprint density at radius 1 is 1.04 bits per heavy atom. The Kier molecular flexibility index (Phi) is 5.30. The average molecular weight is 356 g/mol. The largest absolute Gasteiger partial charge is 0.497 e. The molecule has 1 aromatic carbocycles. The quantitative estimate of drug-likeness (QED) is 0.844. The predicted octanol–water partition coefficient (Wildman–Crippen LogP) is 2.42. The molecule has 1 amide bonds. The van der Waals surface area contributed by atoms with Crippen LogP contribution < -0.4 is 15.0 Å². The summed E-state index contributed by atoms with van der Waals surface area (Å²) in [6, 6.07) is 8.92. The number of carbonyl (C=O) groups excluding carboxylic acids is 1. The summed E-state index contributed by atoms with van der Waals surface area (Å²) >= 11 is 0. The van der Waals surface area contributed by atoms with Gasteiger partial charge in [0.2, 0.25) is 0 Å². The molecule has 138 valence electrons. The first-order valence-electron chi connectivity index (χ1n) is 8.70. The smallest absolute Gasteiger partial charge is 0.254 e. The van der Waals surface area contributed by atoms with Gasteiger partial charge in [0.25, 0.3) is 11.5 Å². The highest BCUT2D eigenvalue weighted by atomic mass is 16.5. The van der Waals surface area contributed by atoms with E-state index in [2.05, 4.69) is 0 Å². The van der Waals surface area contributed by atoms with Crippen molar-refractivity contribution in [1.29, 1.82) is 0 Å². The van der Waals surface area contributed by atoms with Crippen molar-refractivity contribution in [3.63, 3.8) is 0 Å². The molecule has 1 saturated heterocycles. The number of nitrogens with zero attached hydrogens (tertiary/aromatic N) is 2. The van der Waals surface area contributed by atoms with Crippen LogP contribution in [-0.2, 0) is 7.05 Å². The third-order valence-corrected chi connectivity index (χ3v) is 4.98. The van der Waals surface area contributed by atoms with Gasteiger partial charge in [-0.2, -0.15) is 0 Å². The van der Waals surface area contributed by atoms with Crippen LogP contribution in [0, 0.1) is 0 Å². The minimum Gasteiger partial charge on any atom is -0.497 e. The van der Waals surface area contributed by atoms with Crippen molar-refractivity contribution in [1.82, 2.24) is 9.47 Å². The fourth-order valence-electron chi connectivity index (χ4n) is 3.35.